The van der Waals surface area contributed by atoms with Gasteiger partial charge in [0.2, 0.25) is 0 Å². The van der Waals surface area contributed by atoms with E-state index in [1.54, 1.807) is 0 Å². The summed E-state index contributed by atoms with van der Waals surface area (Å²) in [4.78, 5) is 9.05. The smallest absolute Gasteiger partial charge is 0.133 e. The first-order chi connectivity index (χ1) is 8.40. The molecule has 3 aliphatic rings. The third-order valence-electron chi connectivity index (χ3n) is 4.19. The molecule has 0 amide bonds. The van der Waals surface area contributed by atoms with Crippen molar-refractivity contribution in [2.45, 2.75) is 50.5 Å². The molecule has 1 aromatic heterocycles. The average Bonchev–Trinajstić information content (AvgIpc) is 3.21. The highest BCUT2D eigenvalue weighted by molar-refractivity contribution is 5.36. The Hall–Kier alpha value is -1.12. The molecule has 0 spiro atoms. The SMILES string of the molecule is c1cc(NC(C2CC2)C2CC2)nc(C2CC2)n1. The van der Waals surface area contributed by atoms with Gasteiger partial charge in [-0.05, 0) is 56.4 Å². The molecule has 0 aromatic carbocycles. The van der Waals surface area contributed by atoms with E-state index in [4.69, 9.17) is 0 Å². The lowest BCUT2D eigenvalue weighted by Crippen LogP contribution is -2.25. The highest BCUT2D eigenvalue weighted by Gasteiger charge is 2.41. The normalized spacial score (nSPS) is 24.1. The molecule has 0 saturated heterocycles. The van der Waals surface area contributed by atoms with E-state index in [2.05, 4.69) is 15.3 Å². The molecule has 90 valence electrons. The minimum absolute atomic E-state index is 0.650. The maximum Gasteiger partial charge on any atom is 0.133 e. The van der Waals surface area contributed by atoms with E-state index in [1.807, 2.05) is 12.3 Å². The standard InChI is InChI=1S/C14H19N3/c1-2-9(1)13(10-3-4-10)16-12-7-8-15-14(17-12)11-5-6-11/h7-11,13H,1-6H2,(H,15,16,17). The van der Waals surface area contributed by atoms with E-state index in [1.165, 1.54) is 38.5 Å². The molecule has 0 radical (unpaired) electrons. The summed E-state index contributed by atoms with van der Waals surface area (Å²) in [5.74, 6) is 4.60. The molecule has 1 aromatic rings. The Labute approximate surface area is 102 Å². The lowest BCUT2D eigenvalue weighted by atomic mass is 10.1. The molecule has 4 rings (SSSR count). The summed E-state index contributed by atoms with van der Waals surface area (Å²) in [6.45, 7) is 0. The Bertz CT molecular complexity index is 407. The van der Waals surface area contributed by atoms with Crippen molar-refractivity contribution in [1.82, 2.24) is 9.97 Å². The van der Waals surface area contributed by atoms with E-state index in [0.29, 0.717) is 12.0 Å². The average molecular weight is 229 g/mol. The first-order valence-corrected chi connectivity index (χ1v) is 6.99. The van der Waals surface area contributed by atoms with Crippen LogP contribution in [0, 0.1) is 11.8 Å². The van der Waals surface area contributed by atoms with E-state index < -0.39 is 0 Å². The minimum Gasteiger partial charge on any atom is -0.367 e. The van der Waals surface area contributed by atoms with Crippen LogP contribution in [0.3, 0.4) is 0 Å². The maximum atomic E-state index is 4.67. The van der Waals surface area contributed by atoms with Gasteiger partial charge >= 0.3 is 0 Å². The molecule has 3 nitrogen and oxygen atoms in total. The van der Waals surface area contributed by atoms with Crippen LogP contribution in [-0.4, -0.2) is 16.0 Å². The number of nitrogens with one attached hydrogen (secondary N) is 1. The Balaban J connectivity index is 1.50. The third kappa shape index (κ3) is 2.15. The molecule has 0 unspecified atom stereocenters. The van der Waals surface area contributed by atoms with Crippen molar-refractivity contribution < 1.29 is 0 Å². The molecule has 1 heterocycles. The van der Waals surface area contributed by atoms with Crippen LogP contribution < -0.4 is 5.32 Å². The van der Waals surface area contributed by atoms with Crippen LogP contribution in [0.4, 0.5) is 5.82 Å². The molecule has 17 heavy (non-hydrogen) atoms. The maximum absolute atomic E-state index is 4.67. The van der Waals surface area contributed by atoms with Crippen LogP contribution >= 0.6 is 0 Å². The van der Waals surface area contributed by atoms with Crippen LogP contribution in [0.2, 0.25) is 0 Å². The van der Waals surface area contributed by atoms with Gasteiger partial charge in [-0.25, -0.2) is 9.97 Å². The lowest BCUT2D eigenvalue weighted by Gasteiger charge is -2.18. The monoisotopic (exact) mass is 229 g/mol. The van der Waals surface area contributed by atoms with Gasteiger partial charge in [0.05, 0.1) is 0 Å². The molecular weight excluding hydrogens is 210 g/mol. The Kier molecular flexibility index (Phi) is 2.14. The van der Waals surface area contributed by atoms with Gasteiger partial charge in [0.15, 0.2) is 0 Å². The second kappa shape index (κ2) is 3.69. The zero-order valence-electron chi connectivity index (χ0n) is 10.1. The second-order valence-electron chi connectivity index (χ2n) is 5.92. The van der Waals surface area contributed by atoms with Crippen LogP contribution in [0.15, 0.2) is 12.3 Å². The van der Waals surface area contributed by atoms with Crippen LogP contribution in [-0.2, 0) is 0 Å². The fourth-order valence-electron chi connectivity index (χ4n) is 2.69. The number of aromatic nitrogens is 2. The molecule has 3 aliphatic carbocycles. The number of rotatable bonds is 5. The second-order valence-corrected chi connectivity index (χ2v) is 5.92. The molecule has 3 heteroatoms. The summed E-state index contributed by atoms with van der Waals surface area (Å²) in [5.41, 5.74) is 0. The molecule has 3 saturated carbocycles. The van der Waals surface area contributed by atoms with Crippen molar-refractivity contribution in [2.24, 2.45) is 11.8 Å². The van der Waals surface area contributed by atoms with E-state index in [0.717, 1.165) is 23.5 Å². The van der Waals surface area contributed by atoms with E-state index in [-0.39, 0.29) is 0 Å². The van der Waals surface area contributed by atoms with Gasteiger partial charge < -0.3 is 5.32 Å². The number of hydrogen-bond donors (Lipinski definition) is 1. The summed E-state index contributed by atoms with van der Waals surface area (Å²) in [6.07, 6.45) is 10.1. The van der Waals surface area contributed by atoms with Gasteiger partial charge in [0.1, 0.15) is 11.6 Å². The van der Waals surface area contributed by atoms with E-state index >= 15 is 0 Å². The van der Waals surface area contributed by atoms with Crippen molar-refractivity contribution >= 4 is 5.82 Å². The fraction of sp³-hybridized carbons (Fsp3) is 0.714. The molecule has 0 atom stereocenters. The largest absolute Gasteiger partial charge is 0.367 e. The summed E-state index contributed by atoms with van der Waals surface area (Å²) < 4.78 is 0. The minimum atomic E-state index is 0.650. The predicted octanol–water partition coefficient (Wildman–Crippen LogP) is 2.95. The summed E-state index contributed by atoms with van der Waals surface area (Å²) in [5, 5.41) is 3.67. The van der Waals surface area contributed by atoms with Crippen LogP contribution in [0.25, 0.3) is 0 Å². The van der Waals surface area contributed by atoms with Gasteiger partial charge in [-0.2, -0.15) is 0 Å². The number of nitrogens with zero attached hydrogens (tertiary/aromatic N) is 2. The molecule has 3 fully saturated rings. The van der Waals surface area contributed by atoms with Crippen LogP contribution in [0.1, 0.15) is 50.3 Å². The quantitative estimate of drug-likeness (QED) is 0.843. The first-order valence-electron chi connectivity index (χ1n) is 6.99. The van der Waals surface area contributed by atoms with Gasteiger partial charge in [-0.1, -0.05) is 0 Å². The van der Waals surface area contributed by atoms with Crippen molar-refractivity contribution in [1.29, 1.82) is 0 Å². The molecule has 1 N–H and O–H groups in total. The van der Waals surface area contributed by atoms with E-state index in [9.17, 15) is 0 Å². The highest BCUT2D eigenvalue weighted by Crippen LogP contribution is 2.46. The summed E-state index contributed by atoms with van der Waals surface area (Å²) in [6, 6.07) is 2.72. The highest BCUT2D eigenvalue weighted by atomic mass is 15.1. The van der Waals surface area contributed by atoms with Gasteiger partial charge in [0.25, 0.3) is 0 Å². The Morgan fingerprint density at radius 3 is 2.35 bits per heavy atom. The topological polar surface area (TPSA) is 37.8 Å². The summed E-state index contributed by atoms with van der Waals surface area (Å²) in [7, 11) is 0. The molecule has 0 bridgehead atoms. The number of anilines is 1. The van der Waals surface area contributed by atoms with Crippen LogP contribution in [0.5, 0.6) is 0 Å². The Morgan fingerprint density at radius 1 is 1.06 bits per heavy atom. The lowest BCUT2D eigenvalue weighted by molar-refractivity contribution is 0.565. The van der Waals surface area contributed by atoms with Gasteiger partial charge in [-0.3, -0.25) is 0 Å². The fourth-order valence-corrected chi connectivity index (χ4v) is 2.69. The first kappa shape index (κ1) is 9.86. The van der Waals surface area contributed by atoms with Gasteiger partial charge in [-0.15, -0.1) is 0 Å². The van der Waals surface area contributed by atoms with Crippen molar-refractivity contribution in [3.05, 3.63) is 18.1 Å². The van der Waals surface area contributed by atoms with Crippen molar-refractivity contribution in [3.63, 3.8) is 0 Å². The zero-order valence-corrected chi connectivity index (χ0v) is 10.1. The van der Waals surface area contributed by atoms with Crippen molar-refractivity contribution in [3.8, 4) is 0 Å². The summed E-state index contributed by atoms with van der Waals surface area (Å²) >= 11 is 0. The molecule has 0 aliphatic heterocycles. The van der Waals surface area contributed by atoms with Gasteiger partial charge in [0, 0.05) is 18.2 Å². The zero-order chi connectivity index (χ0) is 11.2. The van der Waals surface area contributed by atoms with Crippen molar-refractivity contribution in [2.75, 3.05) is 5.32 Å². The molecular formula is C14H19N3. The predicted molar refractivity (Wildman–Crippen MR) is 66.9 cm³/mol. The Morgan fingerprint density at radius 2 is 1.76 bits per heavy atom. The third-order valence-corrected chi connectivity index (χ3v) is 4.19. The number of hydrogen-bond acceptors (Lipinski definition) is 3.